The largest absolute Gasteiger partial charge is 0.506 e. The number of esters is 1. The fraction of sp³-hybridized carbons (Fsp3) is 0.364. The SMILES string of the molecule is COC(=O)CCS(=O)(=O)Nc1cc(S(C)(=O)=O)ccc1O. The first-order valence-electron chi connectivity index (χ1n) is 5.65. The van der Waals surface area contributed by atoms with E-state index in [9.17, 15) is 26.7 Å². The molecular weight excluding hydrogens is 322 g/mol. The molecule has 0 fully saturated rings. The molecule has 1 aromatic rings. The summed E-state index contributed by atoms with van der Waals surface area (Å²) in [7, 11) is -6.35. The molecule has 0 spiro atoms. The normalized spacial score (nSPS) is 11.9. The summed E-state index contributed by atoms with van der Waals surface area (Å²) in [5, 5.41) is 9.57. The summed E-state index contributed by atoms with van der Waals surface area (Å²) >= 11 is 0. The van der Waals surface area contributed by atoms with E-state index in [2.05, 4.69) is 4.74 Å². The number of aromatic hydroxyl groups is 1. The van der Waals surface area contributed by atoms with Gasteiger partial charge in [-0.2, -0.15) is 0 Å². The Hall–Kier alpha value is -1.81. The summed E-state index contributed by atoms with van der Waals surface area (Å²) in [4.78, 5) is 10.8. The molecule has 118 valence electrons. The zero-order chi connectivity index (χ0) is 16.3. The zero-order valence-corrected chi connectivity index (χ0v) is 13.0. The Morgan fingerprint density at radius 3 is 2.43 bits per heavy atom. The first kappa shape index (κ1) is 17.2. The van der Waals surface area contributed by atoms with Gasteiger partial charge in [0, 0.05) is 6.26 Å². The molecule has 1 rings (SSSR count). The van der Waals surface area contributed by atoms with E-state index in [1.807, 2.05) is 4.72 Å². The van der Waals surface area contributed by atoms with Gasteiger partial charge in [-0.05, 0) is 18.2 Å². The van der Waals surface area contributed by atoms with Crippen LogP contribution in [0, 0.1) is 0 Å². The van der Waals surface area contributed by atoms with Crippen LogP contribution >= 0.6 is 0 Å². The van der Waals surface area contributed by atoms with Crippen LogP contribution in [0.15, 0.2) is 23.1 Å². The number of hydrogen-bond acceptors (Lipinski definition) is 7. The summed E-state index contributed by atoms with van der Waals surface area (Å²) < 4.78 is 52.7. The van der Waals surface area contributed by atoms with Crippen molar-refractivity contribution < 1.29 is 31.5 Å². The van der Waals surface area contributed by atoms with Crippen molar-refractivity contribution in [3.63, 3.8) is 0 Å². The van der Waals surface area contributed by atoms with Crippen molar-refractivity contribution in [1.29, 1.82) is 0 Å². The van der Waals surface area contributed by atoms with Crippen LogP contribution in [0.5, 0.6) is 5.75 Å². The van der Waals surface area contributed by atoms with Gasteiger partial charge >= 0.3 is 5.97 Å². The average molecular weight is 337 g/mol. The van der Waals surface area contributed by atoms with Gasteiger partial charge in [-0.25, -0.2) is 16.8 Å². The Bertz CT molecular complexity index is 738. The molecule has 0 aliphatic heterocycles. The molecule has 0 bridgehead atoms. The molecule has 8 nitrogen and oxygen atoms in total. The quantitative estimate of drug-likeness (QED) is 0.556. The van der Waals surface area contributed by atoms with Crippen molar-refractivity contribution >= 4 is 31.5 Å². The van der Waals surface area contributed by atoms with E-state index in [0.29, 0.717) is 0 Å². The number of hydrogen-bond donors (Lipinski definition) is 2. The van der Waals surface area contributed by atoms with E-state index in [-0.39, 0.29) is 17.0 Å². The molecule has 0 atom stereocenters. The van der Waals surface area contributed by atoms with Gasteiger partial charge in [0.25, 0.3) is 0 Å². The smallest absolute Gasteiger partial charge is 0.306 e. The molecule has 0 unspecified atom stereocenters. The topological polar surface area (TPSA) is 127 Å². The van der Waals surface area contributed by atoms with Crippen molar-refractivity contribution in [2.75, 3.05) is 23.8 Å². The van der Waals surface area contributed by atoms with Gasteiger partial charge in [0.2, 0.25) is 10.0 Å². The Morgan fingerprint density at radius 1 is 1.29 bits per heavy atom. The van der Waals surface area contributed by atoms with Crippen LogP contribution in [-0.2, 0) is 29.4 Å². The highest BCUT2D eigenvalue weighted by molar-refractivity contribution is 7.92. The second-order valence-corrected chi connectivity index (χ2v) is 8.06. The minimum Gasteiger partial charge on any atom is -0.506 e. The molecule has 0 saturated carbocycles. The lowest BCUT2D eigenvalue weighted by molar-refractivity contribution is -0.140. The molecule has 2 N–H and O–H groups in total. The number of methoxy groups -OCH3 is 1. The molecule has 1 aromatic carbocycles. The number of ether oxygens (including phenoxy) is 1. The number of phenolic OH excluding ortho intramolecular Hbond substituents is 1. The maximum absolute atomic E-state index is 11.8. The molecule has 10 heteroatoms. The predicted molar refractivity (Wildman–Crippen MR) is 75.3 cm³/mol. The number of nitrogens with one attached hydrogen (secondary N) is 1. The highest BCUT2D eigenvalue weighted by Gasteiger charge is 2.17. The molecule has 0 aliphatic rings. The Morgan fingerprint density at radius 2 is 1.90 bits per heavy atom. The highest BCUT2D eigenvalue weighted by Crippen LogP contribution is 2.27. The second kappa shape index (κ2) is 6.31. The van der Waals surface area contributed by atoms with Crippen LogP contribution in [0.4, 0.5) is 5.69 Å². The van der Waals surface area contributed by atoms with Gasteiger partial charge < -0.3 is 9.84 Å². The van der Waals surface area contributed by atoms with E-state index in [1.54, 1.807) is 0 Å². The number of sulfonamides is 1. The van der Waals surface area contributed by atoms with Crippen LogP contribution in [0.25, 0.3) is 0 Å². The molecule has 21 heavy (non-hydrogen) atoms. The first-order valence-corrected chi connectivity index (χ1v) is 9.20. The average Bonchev–Trinajstić information content (AvgIpc) is 2.37. The molecule has 0 amide bonds. The summed E-state index contributed by atoms with van der Waals surface area (Å²) in [5.74, 6) is -1.68. The van der Waals surface area contributed by atoms with Gasteiger partial charge in [-0.1, -0.05) is 0 Å². The molecule has 0 saturated heterocycles. The Kier molecular flexibility index (Phi) is 5.18. The van der Waals surface area contributed by atoms with Crippen LogP contribution in [-0.4, -0.2) is 47.0 Å². The van der Waals surface area contributed by atoms with E-state index in [1.165, 1.54) is 0 Å². The third-order valence-corrected chi connectivity index (χ3v) is 4.85. The van der Waals surface area contributed by atoms with Crippen LogP contribution in [0.1, 0.15) is 6.42 Å². The summed E-state index contributed by atoms with van der Waals surface area (Å²) in [5.41, 5.74) is -0.275. The number of sulfone groups is 1. The van der Waals surface area contributed by atoms with Gasteiger partial charge in [0.05, 0.1) is 29.9 Å². The van der Waals surface area contributed by atoms with Crippen molar-refractivity contribution in [1.82, 2.24) is 0 Å². The van der Waals surface area contributed by atoms with Gasteiger partial charge in [0.1, 0.15) is 5.75 Å². The van der Waals surface area contributed by atoms with E-state index >= 15 is 0 Å². The number of benzene rings is 1. The monoisotopic (exact) mass is 337 g/mol. The standard InChI is InChI=1S/C11H15NO7S2/c1-19-11(14)5-6-21(17,18)12-9-7-8(20(2,15)16)3-4-10(9)13/h3-4,7,12-13H,5-6H2,1-2H3. The van der Waals surface area contributed by atoms with Crippen molar-refractivity contribution in [3.05, 3.63) is 18.2 Å². The number of rotatable bonds is 6. The van der Waals surface area contributed by atoms with Crippen molar-refractivity contribution in [3.8, 4) is 5.75 Å². The first-order chi connectivity index (χ1) is 9.55. The Balaban J connectivity index is 2.99. The zero-order valence-electron chi connectivity index (χ0n) is 11.4. The molecular formula is C11H15NO7S2. The lowest BCUT2D eigenvalue weighted by Gasteiger charge is -2.10. The molecule has 0 radical (unpaired) electrons. The fourth-order valence-electron chi connectivity index (χ4n) is 1.37. The van der Waals surface area contributed by atoms with E-state index < -0.39 is 37.3 Å². The van der Waals surface area contributed by atoms with Crippen LogP contribution in [0.2, 0.25) is 0 Å². The maximum Gasteiger partial charge on any atom is 0.306 e. The summed E-state index contributed by atoms with van der Waals surface area (Å²) in [6.07, 6.45) is 0.591. The molecule has 0 aromatic heterocycles. The summed E-state index contributed by atoms with van der Waals surface area (Å²) in [6.45, 7) is 0. The highest BCUT2D eigenvalue weighted by atomic mass is 32.2. The fourth-order valence-corrected chi connectivity index (χ4v) is 3.05. The lowest BCUT2D eigenvalue weighted by Crippen LogP contribution is -2.19. The van der Waals surface area contributed by atoms with Crippen LogP contribution in [0.3, 0.4) is 0 Å². The minimum atomic E-state index is -3.93. The van der Waals surface area contributed by atoms with Crippen molar-refractivity contribution in [2.45, 2.75) is 11.3 Å². The third kappa shape index (κ3) is 5.23. The molecule has 0 heterocycles. The lowest BCUT2D eigenvalue weighted by atomic mass is 10.3. The number of phenols is 1. The minimum absolute atomic E-state index is 0.147. The maximum atomic E-state index is 11.8. The van der Waals surface area contributed by atoms with Crippen molar-refractivity contribution in [2.24, 2.45) is 0 Å². The third-order valence-electron chi connectivity index (χ3n) is 2.46. The predicted octanol–water partition coefficient (Wildman–Crippen LogP) is 0.100. The number of carbonyl (C=O) groups excluding carboxylic acids is 1. The summed E-state index contributed by atoms with van der Waals surface area (Å²) in [6, 6.07) is 3.21. The van der Waals surface area contributed by atoms with Crippen LogP contribution < -0.4 is 4.72 Å². The van der Waals surface area contributed by atoms with E-state index in [4.69, 9.17) is 0 Å². The van der Waals surface area contributed by atoms with Gasteiger partial charge in [-0.3, -0.25) is 9.52 Å². The Labute approximate surface area is 122 Å². The number of anilines is 1. The van der Waals surface area contributed by atoms with E-state index in [0.717, 1.165) is 31.6 Å². The second-order valence-electron chi connectivity index (χ2n) is 4.20. The number of carbonyl (C=O) groups is 1. The van der Waals surface area contributed by atoms with Gasteiger partial charge in [-0.15, -0.1) is 0 Å². The molecule has 0 aliphatic carbocycles. The van der Waals surface area contributed by atoms with Gasteiger partial charge in [0.15, 0.2) is 9.84 Å².